The van der Waals surface area contributed by atoms with Crippen molar-refractivity contribution in [3.63, 3.8) is 0 Å². The third kappa shape index (κ3) is 7.20. The van der Waals surface area contributed by atoms with Gasteiger partial charge in [0.15, 0.2) is 5.76 Å². The molecule has 0 radical (unpaired) electrons. The van der Waals surface area contributed by atoms with E-state index in [2.05, 4.69) is 9.88 Å². The Balaban J connectivity index is 2.60. The number of esters is 2. The second kappa shape index (κ2) is 10.5. The lowest BCUT2D eigenvalue weighted by molar-refractivity contribution is -0.155. The van der Waals surface area contributed by atoms with E-state index < -0.39 is 39.7 Å². The molecule has 182 valence electrons. The molecule has 1 aromatic carbocycles. The van der Waals surface area contributed by atoms with Crippen LogP contribution in [0, 0.1) is 6.92 Å². The molecule has 1 aromatic heterocycles. The molecule has 0 saturated heterocycles. The Kier molecular flexibility index (Phi) is 8.62. The summed E-state index contributed by atoms with van der Waals surface area (Å²) < 4.78 is 31.3. The fourth-order valence-electron chi connectivity index (χ4n) is 3.01. The minimum absolute atomic E-state index is 0.165. The first kappa shape index (κ1) is 27.2. The molecular weight excluding hydrogens is 468 g/mol. The van der Waals surface area contributed by atoms with E-state index in [1.54, 1.807) is 39.8 Å². The molecule has 1 unspecified atom stereocenters. The first-order valence-corrected chi connectivity index (χ1v) is 11.9. The number of nitrogens with zero attached hydrogens (tertiary/aromatic N) is 1. The second-order valence-electron chi connectivity index (χ2n) is 9.53. The van der Waals surface area contributed by atoms with Crippen LogP contribution in [0.1, 0.15) is 75.8 Å². The van der Waals surface area contributed by atoms with Gasteiger partial charge in [-0.1, -0.05) is 22.8 Å². The monoisotopic (exact) mass is 498 g/mol. The van der Waals surface area contributed by atoms with Crippen LogP contribution in [0.5, 0.6) is 0 Å². The Morgan fingerprint density at radius 2 is 1.88 bits per heavy atom. The number of aryl methyl sites for hydroxylation is 1. The number of hydrogen-bond acceptors (Lipinski definition) is 8. The number of ether oxygens (including phenoxy) is 2. The molecule has 8 nitrogen and oxygen atoms in total. The summed E-state index contributed by atoms with van der Waals surface area (Å²) in [4.78, 5) is 25.1. The third-order valence-electron chi connectivity index (χ3n) is 4.46. The molecule has 33 heavy (non-hydrogen) atoms. The lowest BCUT2D eigenvalue weighted by atomic mass is 9.95. The van der Waals surface area contributed by atoms with E-state index in [0.29, 0.717) is 21.8 Å². The zero-order valence-corrected chi connectivity index (χ0v) is 21.8. The van der Waals surface area contributed by atoms with Gasteiger partial charge in [-0.3, -0.25) is 4.79 Å². The molecule has 2 atom stereocenters. The predicted octanol–water partition coefficient (Wildman–Crippen LogP) is 4.91. The first-order chi connectivity index (χ1) is 15.1. The van der Waals surface area contributed by atoms with Gasteiger partial charge in [-0.25, -0.2) is 4.79 Å². The minimum Gasteiger partial charge on any atom is -0.598 e. The van der Waals surface area contributed by atoms with Crippen molar-refractivity contribution >= 4 is 34.9 Å². The van der Waals surface area contributed by atoms with Crippen LogP contribution in [-0.4, -0.2) is 39.1 Å². The summed E-state index contributed by atoms with van der Waals surface area (Å²) in [6, 6.07) is 3.94. The number of methoxy groups -OCH3 is 1. The van der Waals surface area contributed by atoms with E-state index in [1.165, 1.54) is 13.2 Å². The van der Waals surface area contributed by atoms with E-state index in [0.717, 1.165) is 0 Å². The van der Waals surface area contributed by atoms with Gasteiger partial charge >= 0.3 is 11.9 Å². The van der Waals surface area contributed by atoms with Crippen LogP contribution in [0.3, 0.4) is 0 Å². The summed E-state index contributed by atoms with van der Waals surface area (Å²) in [7, 11) is 1.27. The predicted molar refractivity (Wildman–Crippen MR) is 127 cm³/mol. The number of nitrogens with one attached hydrogen (secondary N) is 1. The Bertz CT molecular complexity index is 1010. The third-order valence-corrected chi connectivity index (χ3v) is 6.30. The molecule has 0 fully saturated rings. The largest absolute Gasteiger partial charge is 0.598 e. The number of hydrogen-bond donors (Lipinski definition) is 1. The van der Waals surface area contributed by atoms with Crippen LogP contribution in [0.4, 0.5) is 0 Å². The van der Waals surface area contributed by atoms with Crippen LogP contribution >= 0.6 is 11.6 Å². The fraction of sp³-hybridized carbons (Fsp3) is 0.522. The molecule has 10 heteroatoms. The Labute approximate surface area is 202 Å². The lowest BCUT2D eigenvalue weighted by Gasteiger charge is -2.28. The van der Waals surface area contributed by atoms with Crippen LogP contribution in [0.2, 0.25) is 5.02 Å². The van der Waals surface area contributed by atoms with Crippen molar-refractivity contribution in [3.05, 3.63) is 40.2 Å². The van der Waals surface area contributed by atoms with Crippen molar-refractivity contribution < 1.29 is 28.1 Å². The summed E-state index contributed by atoms with van der Waals surface area (Å²) in [6.07, 6.45) is -0.165. The van der Waals surface area contributed by atoms with Gasteiger partial charge < -0.3 is 18.5 Å². The van der Waals surface area contributed by atoms with E-state index in [1.807, 2.05) is 20.8 Å². The van der Waals surface area contributed by atoms with Crippen molar-refractivity contribution in [2.45, 2.75) is 71.3 Å². The molecule has 0 spiro atoms. The van der Waals surface area contributed by atoms with Crippen LogP contribution < -0.4 is 4.72 Å². The van der Waals surface area contributed by atoms with E-state index in [9.17, 15) is 14.1 Å². The quantitative estimate of drug-likeness (QED) is 0.423. The van der Waals surface area contributed by atoms with Crippen molar-refractivity contribution in [3.8, 4) is 11.1 Å². The molecule has 0 aliphatic rings. The van der Waals surface area contributed by atoms with Crippen LogP contribution in [0.15, 0.2) is 22.7 Å². The van der Waals surface area contributed by atoms with E-state index in [4.69, 9.17) is 25.6 Å². The van der Waals surface area contributed by atoms with Gasteiger partial charge in [0.2, 0.25) is 0 Å². The molecule has 0 aliphatic heterocycles. The number of aromatic nitrogens is 1. The van der Waals surface area contributed by atoms with Gasteiger partial charge in [-0.2, -0.15) is 0 Å². The van der Waals surface area contributed by atoms with Gasteiger partial charge in [0.1, 0.15) is 16.4 Å². The molecule has 1 N–H and O–H groups in total. The molecule has 0 aliphatic carbocycles. The zero-order valence-electron chi connectivity index (χ0n) is 20.2. The minimum atomic E-state index is -1.54. The Hall–Kier alpha value is -2.07. The average Bonchev–Trinajstić information content (AvgIpc) is 3.05. The summed E-state index contributed by atoms with van der Waals surface area (Å²) in [5.74, 6) is -0.840. The maximum absolute atomic E-state index is 12.9. The lowest BCUT2D eigenvalue weighted by Crippen LogP contribution is -2.42. The standard InChI is InChI=1S/C23H31ClN2O6S/c1-13-19(15-10-9-14(24)11-16(15)21(28)30-8)20(32-25-13)17(26-33(29)23(5,6)7)12-18(27)31-22(2,3)4/h9-11,17,26H,12H2,1-8H3/t17-,33?/m0/s1. The summed E-state index contributed by atoms with van der Waals surface area (Å²) >= 11 is 4.57. The summed E-state index contributed by atoms with van der Waals surface area (Å²) in [6.45, 7) is 12.4. The number of halogens is 1. The average molecular weight is 499 g/mol. The maximum atomic E-state index is 12.9. The Morgan fingerprint density at radius 1 is 1.24 bits per heavy atom. The molecule has 0 amide bonds. The highest BCUT2D eigenvalue weighted by Gasteiger charge is 2.36. The Morgan fingerprint density at radius 3 is 2.42 bits per heavy atom. The van der Waals surface area contributed by atoms with E-state index in [-0.39, 0.29) is 17.7 Å². The topological polar surface area (TPSA) is 114 Å². The summed E-state index contributed by atoms with van der Waals surface area (Å²) in [5.41, 5.74) is 0.955. The highest BCUT2D eigenvalue weighted by molar-refractivity contribution is 7.90. The molecule has 1 heterocycles. The van der Waals surface area contributed by atoms with Gasteiger partial charge in [0.25, 0.3) is 0 Å². The maximum Gasteiger partial charge on any atom is 0.338 e. The van der Waals surface area contributed by atoms with Crippen molar-refractivity contribution in [2.24, 2.45) is 0 Å². The molecule has 2 aromatic rings. The second-order valence-corrected chi connectivity index (χ2v) is 12.0. The van der Waals surface area contributed by atoms with Gasteiger partial charge in [-0.15, -0.1) is 4.72 Å². The van der Waals surface area contributed by atoms with Gasteiger partial charge in [0.05, 0.1) is 30.4 Å². The SMILES string of the molecule is COC(=O)c1cc(Cl)ccc1-c1c(C)noc1[C@H](CC(=O)OC(C)(C)C)N[S+]([O-])C(C)(C)C. The van der Waals surface area contributed by atoms with Crippen LogP contribution in [0.25, 0.3) is 11.1 Å². The van der Waals surface area contributed by atoms with Crippen molar-refractivity contribution in [2.75, 3.05) is 7.11 Å². The van der Waals surface area contributed by atoms with Crippen molar-refractivity contribution in [1.29, 1.82) is 0 Å². The number of carbonyl (C=O) groups is 2. The molecule has 2 rings (SSSR count). The molecular formula is C23H31ClN2O6S. The highest BCUT2D eigenvalue weighted by atomic mass is 35.5. The highest BCUT2D eigenvalue weighted by Crippen LogP contribution is 2.37. The van der Waals surface area contributed by atoms with Crippen LogP contribution in [-0.2, 0) is 25.6 Å². The fourth-order valence-corrected chi connectivity index (χ4v) is 3.98. The van der Waals surface area contributed by atoms with E-state index >= 15 is 0 Å². The zero-order chi connectivity index (χ0) is 25.1. The molecule has 0 bridgehead atoms. The summed E-state index contributed by atoms with van der Waals surface area (Å²) in [5, 5.41) is 4.42. The van der Waals surface area contributed by atoms with Crippen molar-refractivity contribution in [1.82, 2.24) is 9.88 Å². The number of rotatable bonds is 7. The molecule has 0 saturated carbocycles. The van der Waals surface area contributed by atoms with Gasteiger partial charge in [0, 0.05) is 21.9 Å². The smallest absolute Gasteiger partial charge is 0.338 e. The number of carbonyl (C=O) groups excluding carboxylic acids is 2. The first-order valence-electron chi connectivity index (χ1n) is 10.4. The van der Waals surface area contributed by atoms with Gasteiger partial charge in [-0.05, 0) is 60.6 Å². The normalized spacial score (nSPS) is 14.0. The number of benzene rings is 1.